The van der Waals surface area contributed by atoms with Crippen molar-refractivity contribution >= 4 is 6.03 Å². The predicted molar refractivity (Wildman–Crippen MR) is 131 cm³/mol. The van der Waals surface area contributed by atoms with Gasteiger partial charge < -0.3 is 14.9 Å². The summed E-state index contributed by atoms with van der Waals surface area (Å²) in [5, 5.41) is 9.64. The largest absolute Gasteiger partial charge is 0.508 e. The maximum absolute atomic E-state index is 13.7. The van der Waals surface area contributed by atoms with Gasteiger partial charge in [0.15, 0.2) is 0 Å². The molecule has 5 rings (SSSR count). The van der Waals surface area contributed by atoms with E-state index >= 15 is 0 Å². The summed E-state index contributed by atoms with van der Waals surface area (Å²) in [6.07, 6.45) is 7.99. The SMILES string of the molecule is CN(C)[C@]1(c2ccccc2)CC[C@@]2(CC1)CN(Cc1ccc(O)cc1)C(=O)N2CC1CCC1. The molecule has 5 heteroatoms. The van der Waals surface area contributed by atoms with Crippen LogP contribution in [0.3, 0.4) is 0 Å². The lowest BCUT2D eigenvalue weighted by Gasteiger charge is -2.51. The van der Waals surface area contributed by atoms with Crippen molar-refractivity contribution in [2.45, 2.75) is 62.6 Å². The molecule has 2 saturated carbocycles. The van der Waals surface area contributed by atoms with Gasteiger partial charge in [0.05, 0.1) is 5.54 Å². The van der Waals surface area contributed by atoms with Gasteiger partial charge in [0.1, 0.15) is 5.75 Å². The van der Waals surface area contributed by atoms with E-state index in [1.165, 1.54) is 24.8 Å². The second kappa shape index (κ2) is 8.68. The van der Waals surface area contributed by atoms with E-state index in [1.807, 2.05) is 12.1 Å². The number of phenolic OH excluding ortho intramolecular Hbond substituents is 1. The van der Waals surface area contributed by atoms with Gasteiger partial charge in [-0.3, -0.25) is 4.90 Å². The Bertz CT molecular complexity index is 960. The number of benzene rings is 2. The van der Waals surface area contributed by atoms with E-state index in [0.29, 0.717) is 12.5 Å². The zero-order valence-corrected chi connectivity index (χ0v) is 20.0. The molecule has 0 radical (unpaired) electrons. The topological polar surface area (TPSA) is 47.0 Å². The Labute approximate surface area is 198 Å². The maximum atomic E-state index is 13.7. The molecule has 2 aliphatic carbocycles. The van der Waals surface area contributed by atoms with E-state index < -0.39 is 0 Å². The lowest BCUT2D eigenvalue weighted by atomic mass is 9.68. The summed E-state index contributed by atoms with van der Waals surface area (Å²) in [7, 11) is 4.40. The van der Waals surface area contributed by atoms with Crippen LogP contribution in [0.15, 0.2) is 54.6 Å². The molecule has 5 nitrogen and oxygen atoms in total. The number of aromatic hydroxyl groups is 1. The quantitative estimate of drug-likeness (QED) is 0.662. The number of urea groups is 1. The molecule has 0 aromatic heterocycles. The molecular formula is C28H37N3O2. The standard InChI is InChI=1S/C28H37N3O2/c1-29(2)28(24-9-4-3-5-10-24)17-15-27(16-18-28)21-30(19-23-11-13-25(32)14-12-23)26(33)31(27)20-22-7-6-8-22/h3-5,9-14,22,32H,6-8,15-21H2,1-2H3/t27-,28-. The fraction of sp³-hybridized carbons (Fsp3) is 0.536. The van der Waals surface area contributed by atoms with Crippen molar-refractivity contribution in [2.75, 3.05) is 27.2 Å². The molecule has 1 saturated heterocycles. The van der Waals surface area contributed by atoms with E-state index in [-0.39, 0.29) is 22.9 Å². The summed E-state index contributed by atoms with van der Waals surface area (Å²) in [6.45, 7) is 2.32. The summed E-state index contributed by atoms with van der Waals surface area (Å²) in [5.74, 6) is 0.928. The number of hydrogen-bond donors (Lipinski definition) is 1. The molecule has 1 N–H and O–H groups in total. The lowest BCUT2D eigenvalue weighted by molar-refractivity contribution is 0.0159. The molecule has 2 amide bonds. The molecule has 0 atom stereocenters. The van der Waals surface area contributed by atoms with Crippen LogP contribution in [-0.2, 0) is 12.1 Å². The number of carbonyl (C=O) groups is 1. The molecule has 0 bridgehead atoms. The Morgan fingerprint density at radius 3 is 2.21 bits per heavy atom. The first-order chi connectivity index (χ1) is 15.9. The van der Waals surface area contributed by atoms with Crippen LogP contribution < -0.4 is 0 Å². The normalized spacial score (nSPS) is 28.0. The average Bonchev–Trinajstić information content (AvgIpc) is 3.04. The molecule has 1 aliphatic heterocycles. The zero-order chi connectivity index (χ0) is 23.1. The van der Waals surface area contributed by atoms with Crippen molar-refractivity contribution in [3.63, 3.8) is 0 Å². The van der Waals surface area contributed by atoms with Gasteiger partial charge in [-0.15, -0.1) is 0 Å². The van der Waals surface area contributed by atoms with Crippen LogP contribution in [0.5, 0.6) is 5.75 Å². The molecular weight excluding hydrogens is 410 g/mol. The molecule has 0 unspecified atom stereocenters. The van der Waals surface area contributed by atoms with Crippen LogP contribution >= 0.6 is 0 Å². The molecule has 3 fully saturated rings. The van der Waals surface area contributed by atoms with Crippen LogP contribution in [0, 0.1) is 5.92 Å². The number of amides is 2. The number of carbonyl (C=O) groups excluding carboxylic acids is 1. The highest BCUT2D eigenvalue weighted by atomic mass is 16.3. The molecule has 2 aromatic carbocycles. The molecule has 1 spiro atoms. The Hall–Kier alpha value is -2.53. The second-order valence-corrected chi connectivity index (χ2v) is 10.7. The zero-order valence-electron chi connectivity index (χ0n) is 20.0. The third kappa shape index (κ3) is 4.01. The van der Waals surface area contributed by atoms with E-state index in [9.17, 15) is 9.90 Å². The Kier molecular flexibility index (Phi) is 5.86. The van der Waals surface area contributed by atoms with Crippen LogP contribution in [0.2, 0.25) is 0 Å². The third-order valence-corrected chi connectivity index (χ3v) is 8.71. The summed E-state index contributed by atoms with van der Waals surface area (Å²) in [5.41, 5.74) is 2.42. The lowest BCUT2D eigenvalue weighted by Crippen LogP contribution is -2.56. The van der Waals surface area contributed by atoms with Gasteiger partial charge in [0.25, 0.3) is 0 Å². The minimum absolute atomic E-state index is 0.0298. The molecule has 1 heterocycles. The first kappa shape index (κ1) is 22.3. The van der Waals surface area contributed by atoms with E-state index in [1.54, 1.807) is 12.1 Å². The van der Waals surface area contributed by atoms with Gasteiger partial charge in [-0.2, -0.15) is 0 Å². The minimum Gasteiger partial charge on any atom is -0.508 e. The fourth-order valence-electron chi connectivity index (χ4n) is 6.33. The number of nitrogens with zero attached hydrogens (tertiary/aromatic N) is 3. The minimum atomic E-state index is -0.0715. The monoisotopic (exact) mass is 447 g/mol. The highest BCUT2D eigenvalue weighted by Gasteiger charge is 2.54. The summed E-state index contributed by atoms with van der Waals surface area (Å²) in [4.78, 5) is 20.4. The van der Waals surface area contributed by atoms with E-state index in [2.05, 4.69) is 59.1 Å². The van der Waals surface area contributed by atoms with Crippen molar-refractivity contribution < 1.29 is 9.90 Å². The van der Waals surface area contributed by atoms with Crippen molar-refractivity contribution in [1.29, 1.82) is 0 Å². The van der Waals surface area contributed by atoms with Crippen LogP contribution in [0.1, 0.15) is 56.1 Å². The van der Waals surface area contributed by atoms with Crippen molar-refractivity contribution in [3.05, 3.63) is 65.7 Å². The van der Waals surface area contributed by atoms with E-state index in [4.69, 9.17) is 0 Å². The highest BCUT2D eigenvalue weighted by molar-refractivity contribution is 5.78. The number of hydrogen-bond acceptors (Lipinski definition) is 3. The average molecular weight is 448 g/mol. The van der Waals surface area contributed by atoms with Crippen molar-refractivity contribution in [1.82, 2.24) is 14.7 Å². The fourth-order valence-corrected chi connectivity index (χ4v) is 6.33. The Morgan fingerprint density at radius 2 is 1.64 bits per heavy atom. The predicted octanol–water partition coefficient (Wildman–Crippen LogP) is 5.20. The first-order valence-electron chi connectivity index (χ1n) is 12.5. The third-order valence-electron chi connectivity index (χ3n) is 8.71. The molecule has 2 aromatic rings. The van der Waals surface area contributed by atoms with Gasteiger partial charge in [-0.25, -0.2) is 4.79 Å². The van der Waals surface area contributed by atoms with Crippen molar-refractivity contribution in [2.24, 2.45) is 5.92 Å². The Balaban J connectivity index is 1.39. The number of rotatable bonds is 6. The molecule has 176 valence electrons. The highest BCUT2D eigenvalue weighted by Crippen LogP contribution is 2.49. The summed E-state index contributed by atoms with van der Waals surface area (Å²) >= 11 is 0. The molecule has 3 aliphatic rings. The van der Waals surface area contributed by atoms with Gasteiger partial charge in [0, 0.05) is 25.2 Å². The maximum Gasteiger partial charge on any atom is 0.320 e. The van der Waals surface area contributed by atoms with Gasteiger partial charge in [-0.05, 0) is 81.8 Å². The van der Waals surface area contributed by atoms with Crippen LogP contribution in [-0.4, -0.2) is 58.6 Å². The number of phenols is 1. The van der Waals surface area contributed by atoms with Crippen LogP contribution in [0.4, 0.5) is 4.79 Å². The summed E-state index contributed by atoms with van der Waals surface area (Å²) < 4.78 is 0. The van der Waals surface area contributed by atoms with Gasteiger partial charge >= 0.3 is 6.03 Å². The second-order valence-electron chi connectivity index (χ2n) is 10.7. The Morgan fingerprint density at radius 1 is 0.970 bits per heavy atom. The van der Waals surface area contributed by atoms with E-state index in [0.717, 1.165) is 44.3 Å². The smallest absolute Gasteiger partial charge is 0.320 e. The molecule has 33 heavy (non-hydrogen) atoms. The van der Waals surface area contributed by atoms with Crippen molar-refractivity contribution in [3.8, 4) is 5.75 Å². The van der Waals surface area contributed by atoms with Gasteiger partial charge in [0.2, 0.25) is 0 Å². The van der Waals surface area contributed by atoms with Gasteiger partial charge in [-0.1, -0.05) is 48.9 Å². The summed E-state index contributed by atoms with van der Waals surface area (Å²) in [6, 6.07) is 18.4. The van der Waals surface area contributed by atoms with Crippen LogP contribution in [0.25, 0.3) is 0 Å². The first-order valence-corrected chi connectivity index (χ1v) is 12.5.